The Morgan fingerprint density at radius 3 is 2.19 bits per heavy atom. The van der Waals surface area contributed by atoms with Crippen LogP contribution in [0.15, 0.2) is 24.3 Å². The van der Waals surface area contributed by atoms with Crippen molar-refractivity contribution in [2.75, 3.05) is 18.5 Å². The van der Waals surface area contributed by atoms with Gasteiger partial charge in [-0.1, -0.05) is 13.8 Å². The minimum absolute atomic E-state index is 0.0229. The molecule has 2 aromatic rings. The minimum atomic E-state index is -0.602. The summed E-state index contributed by atoms with van der Waals surface area (Å²) >= 11 is 1.00. The second-order valence-electron chi connectivity index (χ2n) is 7.62. The van der Waals surface area contributed by atoms with E-state index in [1.807, 2.05) is 27.7 Å². The van der Waals surface area contributed by atoms with Gasteiger partial charge in [0.1, 0.15) is 15.6 Å². The highest BCUT2D eigenvalue weighted by molar-refractivity contribution is 7.18. The first-order valence-corrected chi connectivity index (χ1v) is 11.0. The SMILES string of the molecule is CCOC(=O)c1c(NC(=O)c2ccc(OC(C)C)cc2)sc(C(=O)OCC(C)C)c1C. The quantitative estimate of drug-likeness (QED) is 0.539. The molecular weight excluding hydrogens is 418 g/mol. The van der Waals surface area contributed by atoms with Gasteiger partial charge in [-0.25, -0.2) is 9.59 Å². The second kappa shape index (κ2) is 10.9. The molecular formula is C23H29NO6S. The summed E-state index contributed by atoms with van der Waals surface area (Å²) in [6, 6.07) is 6.68. The minimum Gasteiger partial charge on any atom is -0.491 e. The fraction of sp³-hybridized carbons (Fsp3) is 0.435. The van der Waals surface area contributed by atoms with Crippen molar-refractivity contribution in [3.63, 3.8) is 0 Å². The predicted molar refractivity (Wildman–Crippen MR) is 120 cm³/mol. The highest BCUT2D eigenvalue weighted by atomic mass is 32.1. The van der Waals surface area contributed by atoms with E-state index in [0.29, 0.717) is 16.9 Å². The molecule has 1 heterocycles. The number of esters is 2. The van der Waals surface area contributed by atoms with Gasteiger partial charge in [0.15, 0.2) is 0 Å². The van der Waals surface area contributed by atoms with Gasteiger partial charge in [-0.2, -0.15) is 0 Å². The lowest BCUT2D eigenvalue weighted by Crippen LogP contribution is -2.15. The molecule has 1 N–H and O–H groups in total. The molecule has 0 spiro atoms. The lowest BCUT2D eigenvalue weighted by molar-refractivity contribution is 0.0464. The van der Waals surface area contributed by atoms with Crippen molar-refractivity contribution in [3.8, 4) is 5.75 Å². The summed E-state index contributed by atoms with van der Waals surface area (Å²) in [5, 5.41) is 2.99. The van der Waals surface area contributed by atoms with Gasteiger partial charge in [-0.3, -0.25) is 4.79 Å². The number of carbonyl (C=O) groups excluding carboxylic acids is 3. The Hall–Kier alpha value is -2.87. The average molecular weight is 448 g/mol. The van der Waals surface area contributed by atoms with Crippen LogP contribution >= 0.6 is 11.3 Å². The van der Waals surface area contributed by atoms with Crippen LogP contribution in [0.1, 0.15) is 70.6 Å². The van der Waals surface area contributed by atoms with Gasteiger partial charge in [-0.05, 0) is 63.4 Å². The standard InChI is InChI=1S/C23H29NO6S/c1-7-28-22(26)18-15(6)19(23(27)29-12-13(2)3)31-21(18)24-20(25)16-8-10-17(11-9-16)30-14(4)5/h8-11,13-14H,7,12H2,1-6H3,(H,24,25). The van der Waals surface area contributed by atoms with Crippen LogP contribution in [0.4, 0.5) is 5.00 Å². The van der Waals surface area contributed by atoms with Crippen LogP contribution in [-0.2, 0) is 9.47 Å². The van der Waals surface area contributed by atoms with E-state index in [-0.39, 0.29) is 40.7 Å². The number of anilines is 1. The summed E-state index contributed by atoms with van der Waals surface area (Å²) in [7, 11) is 0. The van der Waals surface area contributed by atoms with Gasteiger partial charge in [-0.15, -0.1) is 11.3 Å². The first-order valence-electron chi connectivity index (χ1n) is 10.2. The second-order valence-corrected chi connectivity index (χ2v) is 8.64. The largest absolute Gasteiger partial charge is 0.491 e. The summed E-state index contributed by atoms with van der Waals surface area (Å²) in [5.41, 5.74) is 0.977. The summed E-state index contributed by atoms with van der Waals surface area (Å²) in [4.78, 5) is 38.1. The number of ether oxygens (including phenoxy) is 3. The van der Waals surface area contributed by atoms with E-state index in [1.165, 1.54) is 0 Å². The van der Waals surface area contributed by atoms with Crippen LogP contribution in [0.5, 0.6) is 5.75 Å². The van der Waals surface area contributed by atoms with Gasteiger partial charge >= 0.3 is 11.9 Å². The number of thiophene rings is 1. The monoisotopic (exact) mass is 447 g/mol. The molecule has 0 saturated heterocycles. The van der Waals surface area contributed by atoms with Crippen LogP contribution in [0.2, 0.25) is 0 Å². The molecule has 0 bridgehead atoms. The molecule has 0 unspecified atom stereocenters. The number of carbonyl (C=O) groups is 3. The molecule has 0 aliphatic rings. The molecule has 2 rings (SSSR count). The van der Waals surface area contributed by atoms with Crippen molar-refractivity contribution in [2.45, 2.75) is 47.6 Å². The molecule has 1 amide bonds. The smallest absolute Gasteiger partial charge is 0.348 e. The summed E-state index contributed by atoms with van der Waals surface area (Å²) < 4.78 is 16.0. The zero-order valence-electron chi connectivity index (χ0n) is 18.7. The lowest BCUT2D eigenvalue weighted by Gasteiger charge is -2.10. The third-order valence-electron chi connectivity index (χ3n) is 4.07. The lowest BCUT2D eigenvalue weighted by atomic mass is 10.1. The molecule has 1 aromatic heterocycles. The van der Waals surface area contributed by atoms with Gasteiger partial charge in [0.2, 0.25) is 0 Å². The van der Waals surface area contributed by atoms with E-state index >= 15 is 0 Å². The Balaban J connectivity index is 2.30. The Morgan fingerprint density at radius 1 is 1.00 bits per heavy atom. The van der Waals surface area contributed by atoms with Gasteiger partial charge < -0.3 is 19.5 Å². The fourth-order valence-electron chi connectivity index (χ4n) is 2.69. The van der Waals surface area contributed by atoms with E-state index in [4.69, 9.17) is 14.2 Å². The molecule has 168 valence electrons. The van der Waals surface area contributed by atoms with Crippen molar-refractivity contribution in [3.05, 3.63) is 45.8 Å². The normalized spacial score (nSPS) is 10.8. The van der Waals surface area contributed by atoms with Crippen molar-refractivity contribution in [2.24, 2.45) is 5.92 Å². The van der Waals surface area contributed by atoms with Crippen LogP contribution in [-0.4, -0.2) is 37.2 Å². The van der Waals surface area contributed by atoms with E-state index in [2.05, 4.69) is 5.32 Å². The Kier molecular flexibility index (Phi) is 8.62. The highest BCUT2D eigenvalue weighted by Gasteiger charge is 2.27. The third kappa shape index (κ3) is 6.55. The number of hydrogen-bond donors (Lipinski definition) is 1. The Bertz CT molecular complexity index is 930. The van der Waals surface area contributed by atoms with Crippen molar-refractivity contribution in [1.29, 1.82) is 0 Å². The number of rotatable bonds is 9. The van der Waals surface area contributed by atoms with Crippen LogP contribution in [0.25, 0.3) is 0 Å². The van der Waals surface area contributed by atoms with Gasteiger partial charge in [0.05, 0.1) is 24.9 Å². The van der Waals surface area contributed by atoms with E-state index in [9.17, 15) is 14.4 Å². The van der Waals surface area contributed by atoms with E-state index < -0.39 is 17.8 Å². The molecule has 0 fully saturated rings. The van der Waals surface area contributed by atoms with Crippen molar-refractivity contribution in [1.82, 2.24) is 0 Å². The average Bonchev–Trinajstić information content (AvgIpc) is 3.02. The summed E-state index contributed by atoms with van der Waals surface area (Å²) in [6.07, 6.45) is 0.0229. The molecule has 0 radical (unpaired) electrons. The Labute approximate surface area is 186 Å². The molecule has 0 aliphatic carbocycles. The van der Waals surface area contributed by atoms with Crippen LogP contribution < -0.4 is 10.1 Å². The molecule has 0 aliphatic heterocycles. The zero-order chi connectivity index (χ0) is 23.1. The summed E-state index contributed by atoms with van der Waals surface area (Å²) in [5.74, 6) is -0.714. The first kappa shape index (κ1) is 24.4. The van der Waals surface area contributed by atoms with Crippen LogP contribution in [0.3, 0.4) is 0 Å². The maximum atomic E-state index is 12.8. The molecule has 31 heavy (non-hydrogen) atoms. The molecule has 0 saturated carbocycles. The maximum Gasteiger partial charge on any atom is 0.348 e. The van der Waals surface area contributed by atoms with Crippen LogP contribution in [0, 0.1) is 12.8 Å². The van der Waals surface area contributed by atoms with E-state index in [0.717, 1.165) is 11.3 Å². The van der Waals surface area contributed by atoms with E-state index in [1.54, 1.807) is 38.1 Å². The fourth-order valence-corrected chi connectivity index (χ4v) is 3.77. The highest BCUT2D eigenvalue weighted by Crippen LogP contribution is 2.35. The van der Waals surface area contributed by atoms with Gasteiger partial charge in [0.25, 0.3) is 5.91 Å². The first-order chi connectivity index (χ1) is 14.6. The predicted octanol–water partition coefficient (Wildman–Crippen LogP) is 5.09. The molecule has 0 atom stereocenters. The molecule has 8 heteroatoms. The number of amides is 1. The van der Waals surface area contributed by atoms with Gasteiger partial charge in [0, 0.05) is 5.56 Å². The number of nitrogens with one attached hydrogen (secondary N) is 1. The zero-order valence-corrected chi connectivity index (χ0v) is 19.6. The van der Waals surface area contributed by atoms with Crippen molar-refractivity contribution >= 4 is 34.2 Å². The third-order valence-corrected chi connectivity index (χ3v) is 5.26. The topological polar surface area (TPSA) is 90.9 Å². The molecule has 1 aromatic carbocycles. The number of hydrogen-bond acceptors (Lipinski definition) is 7. The summed E-state index contributed by atoms with van der Waals surface area (Å²) in [6.45, 7) is 11.5. The van der Waals surface area contributed by atoms with Crippen molar-refractivity contribution < 1.29 is 28.6 Å². The Morgan fingerprint density at radius 2 is 1.65 bits per heavy atom. The maximum absolute atomic E-state index is 12.8. The number of benzene rings is 1. The molecule has 7 nitrogen and oxygen atoms in total.